The predicted octanol–water partition coefficient (Wildman–Crippen LogP) is -1.90. The van der Waals surface area contributed by atoms with Crippen LogP contribution in [-0.2, 0) is 24.5 Å². The number of rotatable bonds is 0. The normalized spacial score (nSPS) is 9.36. The second-order valence-corrected chi connectivity index (χ2v) is 3.79. The number of benzene rings is 1. The zero-order valence-corrected chi connectivity index (χ0v) is 12.8. The van der Waals surface area contributed by atoms with Crippen molar-refractivity contribution in [3.63, 3.8) is 0 Å². The molecule has 1 rings (SSSR count). The van der Waals surface area contributed by atoms with E-state index in [1.54, 1.807) is 0 Å². The van der Waals surface area contributed by atoms with E-state index in [2.05, 4.69) is 0 Å². The van der Waals surface area contributed by atoms with Gasteiger partial charge in [0.15, 0.2) is 0 Å². The summed E-state index contributed by atoms with van der Waals surface area (Å²) in [7, 11) is 0. The van der Waals surface area contributed by atoms with Crippen molar-refractivity contribution in [1.82, 2.24) is 0 Å². The maximum absolute atomic E-state index is 8.58. The quantitative estimate of drug-likeness (QED) is 0.522. The molecule has 0 amide bonds. The fraction of sp³-hybridized carbons (Fsp3) is 0.143. The fourth-order valence-corrected chi connectivity index (χ4v) is 0.850. The Balaban J connectivity index is 0. The molecule has 0 aliphatic carbocycles. The van der Waals surface area contributed by atoms with Crippen LogP contribution in [0.2, 0.25) is 5.02 Å². The fourth-order valence-electron chi connectivity index (χ4n) is 0.606. The third-order valence-corrected chi connectivity index (χ3v) is 1.22. The second-order valence-electron chi connectivity index (χ2n) is 2.18. The molecule has 0 bridgehead atoms. The van der Waals surface area contributed by atoms with Crippen LogP contribution in [-0.4, -0.2) is 0 Å². The molecule has 0 atom stereocenters. The second kappa shape index (κ2) is 8.21. The summed E-state index contributed by atoms with van der Waals surface area (Å²) in [5, 5.41) is 0.810. The van der Waals surface area contributed by atoms with Gasteiger partial charge in [-0.2, -0.15) is 0 Å². The van der Waals surface area contributed by atoms with E-state index in [0.29, 0.717) is 0 Å². The van der Waals surface area contributed by atoms with Crippen LogP contribution in [0.25, 0.3) is 0 Å². The monoisotopic (exact) mass is 284 g/mol. The molecule has 0 spiro atoms. The Morgan fingerprint density at radius 2 is 1.71 bits per heavy atom. The molecular weight excluding hydrogens is 278 g/mol. The van der Waals surface area contributed by atoms with E-state index in [1.807, 2.05) is 31.2 Å². The molecule has 0 N–H and O–H groups in total. The van der Waals surface area contributed by atoms with Gasteiger partial charge in [0, 0.05) is 5.02 Å². The number of hydrogen-bond donors (Lipinski definition) is 0. The van der Waals surface area contributed by atoms with Gasteiger partial charge in [-0.1, -0.05) is 23.7 Å². The molecule has 0 saturated heterocycles. The Kier molecular flexibility index (Phi) is 10.2. The topological polar surface area (TPSA) is 74.3 Å². The van der Waals surface area contributed by atoms with Crippen molar-refractivity contribution < 1.29 is 80.0 Å². The zero-order valence-electron chi connectivity index (χ0n) is 7.70. The molecule has 0 aliphatic rings. The van der Waals surface area contributed by atoms with E-state index in [-0.39, 0.29) is 51.4 Å². The molecular formula is C7H7ClKMnO4. The Bertz CT molecular complexity index is 392. The van der Waals surface area contributed by atoms with Crippen LogP contribution in [0.1, 0.15) is 5.56 Å². The molecule has 0 fully saturated rings. The molecule has 0 heterocycles. The molecule has 74 valence electrons. The molecule has 0 radical (unpaired) electrons. The van der Waals surface area contributed by atoms with Crippen molar-refractivity contribution in [2.45, 2.75) is 6.92 Å². The van der Waals surface area contributed by atoms with Gasteiger partial charge in [0.1, 0.15) is 0 Å². The standard InChI is InChI=1S/C7H7Cl.K.Mn.4O/c1-6-3-2-4-7(8)5-6;;;;;;/h2-5H,1H3;;;;;;/q;+1;;;;;-1. The van der Waals surface area contributed by atoms with E-state index >= 15 is 0 Å². The van der Waals surface area contributed by atoms with Gasteiger partial charge in [-0.3, -0.25) is 0 Å². The maximum atomic E-state index is 8.58. The van der Waals surface area contributed by atoms with E-state index in [9.17, 15) is 0 Å². The summed E-state index contributed by atoms with van der Waals surface area (Å²) in [4.78, 5) is 0. The SMILES string of the molecule is Cc1cccc(Cl)c1.[K+].[O]=[Mn](=[O])(=[O])[O-]. The van der Waals surface area contributed by atoms with Gasteiger partial charge in [0.2, 0.25) is 0 Å². The van der Waals surface area contributed by atoms with Gasteiger partial charge in [0.05, 0.1) is 0 Å². The van der Waals surface area contributed by atoms with Gasteiger partial charge < -0.3 is 0 Å². The van der Waals surface area contributed by atoms with Crippen LogP contribution < -0.4 is 55.6 Å². The van der Waals surface area contributed by atoms with Crippen molar-refractivity contribution in [2.75, 3.05) is 0 Å². The predicted molar refractivity (Wildman–Crippen MR) is 38.2 cm³/mol. The Morgan fingerprint density at radius 3 is 1.93 bits per heavy atom. The molecule has 1 aromatic rings. The summed E-state index contributed by atoms with van der Waals surface area (Å²) < 4.78 is 34.3. The van der Waals surface area contributed by atoms with Crippen LogP contribution in [0.4, 0.5) is 0 Å². The van der Waals surface area contributed by atoms with Crippen LogP contribution >= 0.6 is 11.6 Å². The minimum absolute atomic E-state index is 0. The summed E-state index contributed by atoms with van der Waals surface area (Å²) in [5.74, 6) is 0. The third kappa shape index (κ3) is 15.5. The van der Waals surface area contributed by atoms with Crippen molar-refractivity contribution in [1.29, 1.82) is 0 Å². The van der Waals surface area contributed by atoms with Gasteiger partial charge in [-0.05, 0) is 24.6 Å². The van der Waals surface area contributed by atoms with E-state index in [4.69, 9.17) is 27.3 Å². The first-order valence-corrected chi connectivity index (χ1v) is 5.43. The van der Waals surface area contributed by atoms with Gasteiger partial charge in [0.25, 0.3) is 0 Å². The van der Waals surface area contributed by atoms with E-state index < -0.39 is 13.0 Å². The summed E-state index contributed by atoms with van der Waals surface area (Å²) in [6.45, 7) is 2.02. The first-order valence-electron chi connectivity index (χ1n) is 3.13. The summed E-state index contributed by atoms with van der Waals surface area (Å²) in [6, 6.07) is 7.76. The van der Waals surface area contributed by atoms with Crippen molar-refractivity contribution in [3.05, 3.63) is 34.9 Å². The first kappa shape index (κ1) is 17.4. The molecule has 14 heavy (non-hydrogen) atoms. The molecule has 0 unspecified atom stereocenters. The van der Waals surface area contributed by atoms with Gasteiger partial charge in [-0.25, -0.2) is 0 Å². The summed E-state index contributed by atoms with van der Waals surface area (Å²) in [6.07, 6.45) is 0. The van der Waals surface area contributed by atoms with E-state index in [0.717, 1.165) is 5.02 Å². The molecule has 1 aromatic carbocycles. The average molecular weight is 285 g/mol. The van der Waals surface area contributed by atoms with E-state index in [1.165, 1.54) is 5.56 Å². The Hall–Kier alpha value is 1.03. The third-order valence-electron chi connectivity index (χ3n) is 0.980. The van der Waals surface area contributed by atoms with Crippen LogP contribution in [0.3, 0.4) is 0 Å². The minimum atomic E-state index is -5.62. The number of aryl methyl sites for hydroxylation is 1. The average Bonchev–Trinajstić information content (AvgIpc) is 1.81. The molecule has 0 saturated carbocycles. The van der Waals surface area contributed by atoms with Crippen LogP contribution in [0.15, 0.2) is 24.3 Å². The number of hydrogen-bond acceptors (Lipinski definition) is 4. The molecule has 0 aliphatic heterocycles. The van der Waals surface area contributed by atoms with Crippen molar-refractivity contribution in [3.8, 4) is 0 Å². The van der Waals surface area contributed by atoms with Crippen LogP contribution in [0.5, 0.6) is 0 Å². The molecule has 7 heteroatoms. The van der Waals surface area contributed by atoms with Gasteiger partial charge in [-0.15, -0.1) is 0 Å². The first-order chi connectivity index (χ1) is 5.79. The van der Waals surface area contributed by atoms with Crippen molar-refractivity contribution >= 4 is 11.6 Å². The summed E-state index contributed by atoms with van der Waals surface area (Å²) in [5.41, 5.74) is 1.21. The van der Waals surface area contributed by atoms with Crippen molar-refractivity contribution in [2.24, 2.45) is 0 Å². The molecule has 0 aromatic heterocycles. The van der Waals surface area contributed by atoms with Crippen LogP contribution in [0, 0.1) is 6.92 Å². The molecule has 4 nitrogen and oxygen atoms in total. The Morgan fingerprint density at radius 1 is 1.29 bits per heavy atom. The number of halogens is 1. The Labute approximate surface area is 131 Å². The zero-order chi connectivity index (χ0) is 10.5. The van der Waals surface area contributed by atoms with Gasteiger partial charge >= 0.3 is 80.0 Å². The summed E-state index contributed by atoms with van der Waals surface area (Å²) >= 11 is 0.0200.